The molecule has 6 nitrogen and oxygen atoms in total. The van der Waals surface area contributed by atoms with E-state index in [0.717, 1.165) is 11.6 Å². The molecule has 1 saturated heterocycles. The van der Waals surface area contributed by atoms with Crippen LogP contribution < -0.4 is 0 Å². The molecule has 0 bridgehead atoms. The van der Waals surface area contributed by atoms with Gasteiger partial charge in [-0.25, -0.2) is 12.8 Å². The first kappa shape index (κ1) is 20.0. The smallest absolute Gasteiger partial charge is 0.309 e. The van der Waals surface area contributed by atoms with Gasteiger partial charge in [-0.05, 0) is 42.7 Å². The molecule has 146 valence electrons. The first-order valence-electron chi connectivity index (χ1n) is 8.82. The second-order valence-electron chi connectivity index (χ2n) is 6.53. The molecule has 0 saturated carbocycles. The lowest BCUT2D eigenvalue weighted by atomic mass is 9.98. The summed E-state index contributed by atoms with van der Waals surface area (Å²) in [6.07, 6.45) is 0.639. The molecule has 3 rings (SSSR count). The predicted octanol–water partition coefficient (Wildman–Crippen LogP) is 2.84. The Morgan fingerprint density at radius 2 is 1.79 bits per heavy atom. The van der Waals surface area contributed by atoms with Gasteiger partial charge >= 0.3 is 5.97 Å². The van der Waals surface area contributed by atoms with E-state index < -0.39 is 21.8 Å². The van der Waals surface area contributed by atoms with Crippen molar-refractivity contribution in [3.8, 4) is 6.07 Å². The molecule has 1 aliphatic heterocycles. The summed E-state index contributed by atoms with van der Waals surface area (Å²) >= 11 is 0. The molecule has 0 aliphatic carbocycles. The number of hydrogen-bond donors (Lipinski definition) is 0. The van der Waals surface area contributed by atoms with E-state index in [1.807, 2.05) is 6.07 Å². The summed E-state index contributed by atoms with van der Waals surface area (Å²) < 4.78 is 45.6. The maximum absolute atomic E-state index is 13.9. The fraction of sp³-hybridized carbons (Fsp3) is 0.300. The van der Waals surface area contributed by atoms with Crippen LogP contribution in [-0.4, -0.2) is 31.8 Å². The first-order valence-corrected chi connectivity index (χ1v) is 10.3. The van der Waals surface area contributed by atoms with Gasteiger partial charge in [0.1, 0.15) is 17.3 Å². The zero-order valence-corrected chi connectivity index (χ0v) is 15.9. The molecule has 2 aromatic carbocycles. The molecule has 0 amide bonds. The maximum atomic E-state index is 13.9. The zero-order valence-electron chi connectivity index (χ0n) is 15.0. The van der Waals surface area contributed by atoms with E-state index in [4.69, 9.17) is 10.00 Å². The number of rotatable bonds is 5. The fourth-order valence-electron chi connectivity index (χ4n) is 3.07. The van der Waals surface area contributed by atoms with Crippen molar-refractivity contribution in [2.45, 2.75) is 24.3 Å². The van der Waals surface area contributed by atoms with Crippen LogP contribution in [0.1, 0.15) is 24.0 Å². The number of carbonyl (C=O) groups excluding carboxylic acids is 1. The molecule has 28 heavy (non-hydrogen) atoms. The monoisotopic (exact) mass is 402 g/mol. The number of carbonyl (C=O) groups is 1. The minimum absolute atomic E-state index is 0.0955. The summed E-state index contributed by atoms with van der Waals surface area (Å²) in [5.41, 5.74) is 1.30. The van der Waals surface area contributed by atoms with Crippen molar-refractivity contribution in [1.29, 1.82) is 5.26 Å². The van der Waals surface area contributed by atoms with E-state index in [2.05, 4.69) is 0 Å². The van der Waals surface area contributed by atoms with Crippen molar-refractivity contribution in [3.63, 3.8) is 0 Å². The quantitative estimate of drug-likeness (QED) is 0.718. The summed E-state index contributed by atoms with van der Waals surface area (Å²) in [5, 5.41) is 8.78. The number of hydrogen-bond acceptors (Lipinski definition) is 5. The average Bonchev–Trinajstić information content (AvgIpc) is 2.72. The van der Waals surface area contributed by atoms with Gasteiger partial charge in [-0.15, -0.1) is 0 Å². The molecule has 0 radical (unpaired) electrons. The largest absolute Gasteiger partial charge is 0.461 e. The van der Waals surface area contributed by atoms with E-state index >= 15 is 0 Å². The molecular weight excluding hydrogens is 383 g/mol. The minimum atomic E-state index is -3.92. The fourth-order valence-corrected chi connectivity index (χ4v) is 4.61. The summed E-state index contributed by atoms with van der Waals surface area (Å²) in [4.78, 5) is 11.9. The summed E-state index contributed by atoms with van der Waals surface area (Å²) in [6.45, 7) is 0.360. The minimum Gasteiger partial charge on any atom is -0.461 e. The van der Waals surface area contributed by atoms with Gasteiger partial charge in [0.05, 0.1) is 17.6 Å². The number of benzene rings is 2. The van der Waals surface area contributed by atoms with Crippen LogP contribution in [-0.2, 0) is 26.2 Å². The Kier molecular flexibility index (Phi) is 6.07. The Labute approximate surface area is 163 Å². The summed E-state index contributed by atoms with van der Waals surface area (Å²) in [7, 11) is -3.92. The van der Waals surface area contributed by atoms with E-state index in [1.54, 1.807) is 24.3 Å². The predicted molar refractivity (Wildman–Crippen MR) is 98.8 cm³/mol. The van der Waals surface area contributed by atoms with E-state index in [1.165, 1.54) is 22.5 Å². The molecule has 1 aliphatic rings. The van der Waals surface area contributed by atoms with Gasteiger partial charge in [0, 0.05) is 13.1 Å². The van der Waals surface area contributed by atoms with Crippen molar-refractivity contribution >= 4 is 16.0 Å². The molecule has 8 heteroatoms. The first-order chi connectivity index (χ1) is 13.4. The number of piperidine rings is 1. The third-order valence-corrected chi connectivity index (χ3v) is 6.64. The van der Waals surface area contributed by atoms with Gasteiger partial charge in [-0.3, -0.25) is 4.79 Å². The Balaban J connectivity index is 1.55. The number of esters is 1. The third-order valence-electron chi connectivity index (χ3n) is 4.71. The lowest BCUT2D eigenvalue weighted by Crippen LogP contribution is -2.40. The van der Waals surface area contributed by atoms with E-state index in [-0.39, 0.29) is 30.6 Å². The second kappa shape index (κ2) is 8.50. The molecule has 0 atom stereocenters. The SMILES string of the molecule is N#Cc1ccc(COC(=O)C2CCN(S(=O)(=O)c3ccccc3F)CC2)cc1. The van der Waals surface area contributed by atoms with Gasteiger partial charge in [-0.2, -0.15) is 9.57 Å². The van der Waals surface area contributed by atoms with Crippen molar-refractivity contribution in [2.24, 2.45) is 5.92 Å². The van der Waals surface area contributed by atoms with Crippen LogP contribution in [0.2, 0.25) is 0 Å². The summed E-state index contributed by atoms with van der Waals surface area (Å²) in [5.74, 6) is -1.57. The van der Waals surface area contributed by atoms with Crippen LogP contribution >= 0.6 is 0 Å². The molecule has 2 aromatic rings. The average molecular weight is 402 g/mol. The Hall–Kier alpha value is -2.76. The second-order valence-corrected chi connectivity index (χ2v) is 8.43. The molecule has 0 unspecified atom stereocenters. The van der Waals surface area contributed by atoms with Gasteiger partial charge < -0.3 is 4.74 Å². The van der Waals surface area contributed by atoms with Crippen LogP contribution in [0.15, 0.2) is 53.4 Å². The lowest BCUT2D eigenvalue weighted by molar-refractivity contribution is -0.151. The van der Waals surface area contributed by atoms with Crippen LogP contribution in [0.5, 0.6) is 0 Å². The van der Waals surface area contributed by atoms with Crippen molar-refractivity contribution in [2.75, 3.05) is 13.1 Å². The topological polar surface area (TPSA) is 87.5 Å². The number of sulfonamides is 1. The zero-order chi connectivity index (χ0) is 20.1. The van der Waals surface area contributed by atoms with E-state index in [0.29, 0.717) is 18.4 Å². The highest BCUT2D eigenvalue weighted by atomic mass is 32.2. The van der Waals surface area contributed by atoms with Crippen LogP contribution in [0.25, 0.3) is 0 Å². The number of nitrogens with zero attached hydrogens (tertiary/aromatic N) is 2. The maximum Gasteiger partial charge on any atom is 0.309 e. The molecule has 0 spiro atoms. The van der Waals surface area contributed by atoms with E-state index in [9.17, 15) is 17.6 Å². The van der Waals surface area contributed by atoms with Crippen LogP contribution in [0.4, 0.5) is 4.39 Å². The van der Waals surface area contributed by atoms with Gasteiger partial charge in [0.15, 0.2) is 0 Å². The van der Waals surface area contributed by atoms with Crippen molar-refractivity contribution in [1.82, 2.24) is 4.31 Å². The van der Waals surface area contributed by atoms with Crippen molar-refractivity contribution < 1.29 is 22.3 Å². The standard InChI is InChI=1S/C20H19FN2O4S/c21-18-3-1-2-4-19(18)28(25,26)23-11-9-17(10-12-23)20(24)27-14-16-7-5-15(13-22)6-8-16/h1-8,17H,9-12,14H2. The highest BCUT2D eigenvalue weighted by Crippen LogP contribution is 2.26. The molecule has 1 fully saturated rings. The highest BCUT2D eigenvalue weighted by molar-refractivity contribution is 7.89. The highest BCUT2D eigenvalue weighted by Gasteiger charge is 2.34. The van der Waals surface area contributed by atoms with Gasteiger partial charge in [-0.1, -0.05) is 24.3 Å². The molecule has 1 heterocycles. The van der Waals surface area contributed by atoms with Gasteiger partial charge in [0.25, 0.3) is 0 Å². The Morgan fingerprint density at radius 1 is 1.14 bits per heavy atom. The number of ether oxygens (including phenoxy) is 1. The van der Waals surface area contributed by atoms with Crippen molar-refractivity contribution in [3.05, 3.63) is 65.5 Å². The molecule has 0 N–H and O–H groups in total. The van der Waals surface area contributed by atoms with Crippen LogP contribution in [0.3, 0.4) is 0 Å². The number of halogens is 1. The Bertz CT molecular complexity index is 992. The molecular formula is C20H19FN2O4S. The summed E-state index contributed by atoms with van der Waals surface area (Å²) in [6, 6.07) is 14.0. The molecule has 0 aromatic heterocycles. The normalized spacial score (nSPS) is 15.7. The Morgan fingerprint density at radius 3 is 2.39 bits per heavy atom. The third kappa shape index (κ3) is 4.38. The lowest BCUT2D eigenvalue weighted by Gasteiger charge is -2.30. The number of nitriles is 1. The van der Waals surface area contributed by atoms with Crippen LogP contribution in [0, 0.1) is 23.1 Å². The van der Waals surface area contributed by atoms with Gasteiger partial charge in [0.2, 0.25) is 10.0 Å².